The first-order chi connectivity index (χ1) is 10.2. The van der Waals surface area contributed by atoms with Gasteiger partial charge in [-0.25, -0.2) is 4.98 Å². The molecule has 1 saturated heterocycles. The second kappa shape index (κ2) is 7.42. The molecule has 21 heavy (non-hydrogen) atoms. The minimum absolute atomic E-state index is 0.0695. The highest BCUT2D eigenvalue weighted by atomic mass is 16.2. The van der Waals surface area contributed by atoms with Gasteiger partial charge in [-0.05, 0) is 18.2 Å². The van der Waals surface area contributed by atoms with Gasteiger partial charge < -0.3 is 15.1 Å². The molecular weight excluding hydrogens is 268 g/mol. The third-order valence-electron chi connectivity index (χ3n) is 3.43. The number of nitrogens with zero attached hydrogens (tertiary/aromatic N) is 3. The highest BCUT2D eigenvalue weighted by molar-refractivity contribution is 5.87. The van der Waals surface area contributed by atoms with Gasteiger partial charge in [0.05, 0.1) is 0 Å². The normalized spacial score (nSPS) is 14.7. The van der Waals surface area contributed by atoms with Gasteiger partial charge >= 0.3 is 0 Å². The molecule has 1 aliphatic rings. The number of aromatic nitrogens is 1. The van der Waals surface area contributed by atoms with Crippen LogP contribution in [0.15, 0.2) is 37.1 Å². The van der Waals surface area contributed by atoms with Crippen molar-refractivity contribution in [1.29, 1.82) is 0 Å². The van der Waals surface area contributed by atoms with Crippen LogP contribution in [0.5, 0.6) is 0 Å². The van der Waals surface area contributed by atoms with Crippen LogP contribution in [0.4, 0.5) is 5.82 Å². The number of hydrogen-bond donors (Lipinski definition) is 1. The first kappa shape index (κ1) is 15.0. The van der Waals surface area contributed by atoms with Crippen LogP contribution in [0, 0.1) is 0 Å². The van der Waals surface area contributed by atoms with Crippen molar-refractivity contribution in [1.82, 2.24) is 15.2 Å². The van der Waals surface area contributed by atoms with E-state index in [1.165, 1.54) is 6.08 Å². The number of carbonyl (C=O) groups excluding carboxylic acids is 2. The molecule has 0 aliphatic carbocycles. The predicted octanol–water partition coefficient (Wildman–Crippen LogP) is 0.422. The molecule has 6 nitrogen and oxygen atoms in total. The Balaban J connectivity index is 1.74. The molecule has 2 rings (SSSR count). The SMILES string of the molecule is C=CC(=O)NCCC(=O)N1CCN(c2ccccn2)CC1. The van der Waals surface area contributed by atoms with E-state index in [-0.39, 0.29) is 11.8 Å². The van der Waals surface area contributed by atoms with E-state index in [1.54, 1.807) is 6.20 Å². The van der Waals surface area contributed by atoms with Crippen molar-refractivity contribution in [2.24, 2.45) is 0 Å². The molecular formula is C15H20N4O2. The van der Waals surface area contributed by atoms with E-state index in [4.69, 9.17) is 0 Å². The van der Waals surface area contributed by atoms with Crippen molar-refractivity contribution in [3.63, 3.8) is 0 Å². The Hall–Kier alpha value is -2.37. The fraction of sp³-hybridized carbons (Fsp3) is 0.400. The van der Waals surface area contributed by atoms with Crippen molar-refractivity contribution in [2.75, 3.05) is 37.6 Å². The fourth-order valence-corrected chi connectivity index (χ4v) is 2.25. The van der Waals surface area contributed by atoms with Crippen molar-refractivity contribution in [2.45, 2.75) is 6.42 Å². The third kappa shape index (κ3) is 4.30. The lowest BCUT2D eigenvalue weighted by atomic mass is 10.2. The van der Waals surface area contributed by atoms with E-state index >= 15 is 0 Å². The average molecular weight is 288 g/mol. The Bertz CT molecular complexity index is 496. The van der Waals surface area contributed by atoms with E-state index in [0.717, 1.165) is 18.9 Å². The number of anilines is 1. The van der Waals surface area contributed by atoms with Crippen LogP contribution >= 0.6 is 0 Å². The smallest absolute Gasteiger partial charge is 0.243 e. The molecule has 2 amide bonds. The second-order valence-corrected chi connectivity index (χ2v) is 4.80. The van der Waals surface area contributed by atoms with E-state index < -0.39 is 0 Å². The Kier molecular flexibility index (Phi) is 5.31. The minimum atomic E-state index is -0.247. The second-order valence-electron chi connectivity index (χ2n) is 4.80. The van der Waals surface area contributed by atoms with Crippen LogP contribution in [-0.2, 0) is 9.59 Å². The molecule has 112 valence electrons. The topological polar surface area (TPSA) is 65.5 Å². The van der Waals surface area contributed by atoms with Gasteiger partial charge in [-0.15, -0.1) is 0 Å². The Morgan fingerprint density at radius 1 is 1.29 bits per heavy atom. The summed E-state index contributed by atoms with van der Waals surface area (Å²) in [6.45, 7) is 6.65. The highest BCUT2D eigenvalue weighted by Crippen LogP contribution is 2.12. The largest absolute Gasteiger partial charge is 0.353 e. The fourth-order valence-electron chi connectivity index (χ4n) is 2.25. The van der Waals surface area contributed by atoms with E-state index in [0.29, 0.717) is 26.1 Å². The Labute approximate surface area is 124 Å². The first-order valence-corrected chi connectivity index (χ1v) is 7.04. The highest BCUT2D eigenvalue weighted by Gasteiger charge is 2.21. The summed E-state index contributed by atoms with van der Waals surface area (Å²) in [6.07, 6.45) is 3.30. The predicted molar refractivity (Wildman–Crippen MR) is 80.9 cm³/mol. The first-order valence-electron chi connectivity index (χ1n) is 7.04. The summed E-state index contributed by atoms with van der Waals surface area (Å²) in [5.74, 6) is 0.769. The summed E-state index contributed by atoms with van der Waals surface area (Å²) < 4.78 is 0. The summed E-state index contributed by atoms with van der Waals surface area (Å²) in [4.78, 5) is 31.3. The molecule has 1 N–H and O–H groups in total. The summed E-state index contributed by atoms with van der Waals surface area (Å²) >= 11 is 0. The van der Waals surface area contributed by atoms with Crippen molar-refractivity contribution in [3.8, 4) is 0 Å². The van der Waals surface area contributed by atoms with E-state index in [1.807, 2.05) is 23.1 Å². The maximum absolute atomic E-state index is 12.0. The van der Waals surface area contributed by atoms with Crippen LogP contribution in [-0.4, -0.2) is 54.4 Å². The molecule has 1 aromatic rings. The van der Waals surface area contributed by atoms with Crippen molar-refractivity contribution < 1.29 is 9.59 Å². The summed E-state index contributed by atoms with van der Waals surface area (Å²) in [7, 11) is 0. The zero-order chi connectivity index (χ0) is 15.1. The maximum Gasteiger partial charge on any atom is 0.243 e. The van der Waals surface area contributed by atoms with Gasteiger partial charge in [-0.2, -0.15) is 0 Å². The molecule has 0 aromatic carbocycles. The maximum atomic E-state index is 12.0. The van der Waals surface area contributed by atoms with Gasteiger partial charge in [0.1, 0.15) is 5.82 Å². The average Bonchev–Trinajstić information content (AvgIpc) is 2.55. The number of piperazine rings is 1. The van der Waals surface area contributed by atoms with Gasteiger partial charge in [0.25, 0.3) is 0 Å². The molecule has 0 saturated carbocycles. The molecule has 0 atom stereocenters. The molecule has 2 heterocycles. The Morgan fingerprint density at radius 3 is 2.67 bits per heavy atom. The summed E-state index contributed by atoms with van der Waals surface area (Å²) in [5, 5.41) is 2.61. The standard InChI is InChI=1S/C15H20N4O2/c1-2-14(20)17-8-6-15(21)19-11-9-18(10-12-19)13-5-3-4-7-16-13/h2-5,7H,1,6,8-12H2,(H,17,20). The van der Waals surface area contributed by atoms with Gasteiger partial charge in [0.15, 0.2) is 0 Å². The van der Waals surface area contributed by atoms with Crippen LogP contribution in [0.1, 0.15) is 6.42 Å². The molecule has 6 heteroatoms. The monoisotopic (exact) mass is 288 g/mol. The molecule has 1 fully saturated rings. The number of amides is 2. The van der Waals surface area contributed by atoms with Crippen molar-refractivity contribution >= 4 is 17.6 Å². The Morgan fingerprint density at radius 2 is 2.05 bits per heavy atom. The van der Waals surface area contributed by atoms with E-state index in [2.05, 4.69) is 21.8 Å². The zero-order valence-electron chi connectivity index (χ0n) is 12.0. The zero-order valence-corrected chi connectivity index (χ0v) is 12.0. The van der Waals surface area contributed by atoms with Gasteiger partial charge in [0, 0.05) is 45.3 Å². The van der Waals surface area contributed by atoms with Crippen molar-refractivity contribution in [3.05, 3.63) is 37.1 Å². The lowest BCUT2D eigenvalue weighted by Gasteiger charge is -2.35. The number of pyridine rings is 1. The van der Waals surface area contributed by atoms with Crippen LogP contribution < -0.4 is 10.2 Å². The molecule has 1 aliphatic heterocycles. The third-order valence-corrected chi connectivity index (χ3v) is 3.43. The lowest BCUT2D eigenvalue weighted by molar-refractivity contribution is -0.131. The molecule has 0 unspecified atom stereocenters. The lowest BCUT2D eigenvalue weighted by Crippen LogP contribution is -2.49. The summed E-state index contributed by atoms with van der Waals surface area (Å²) in [6, 6.07) is 5.82. The van der Waals surface area contributed by atoms with Crippen LogP contribution in [0.2, 0.25) is 0 Å². The quantitative estimate of drug-likeness (QED) is 0.798. The molecule has 0 radical (unpaired) electrons. The van der Waals surface area contributed by atoms with Gasteiger partial charge in [-0.3, -0.25) is 9.59 Å². The van der Waals surface area contributed by atoms with Crippen LogP contribution in [0.3, 0.4) is 0 Å². The van der Waals surface area contributed by atoms with E-state index in [9.17, 15) is 9.59 Å². The van der Waals surface area contributed by atoms with Gasteiger partial charge in [0.2, 0.25) is 11.8 Å². The molecule has 0 spiro atoms. The number of rotatable bonds is 5. The number of nitrogens with one attached hydrogen (secondary N) is 1. The summed E-state index contributed by atoms with van der Waals surface area (Å²) in [5.41, 5.74) is 0. The van der Waals surface area contributed by atoms with Crippen LogP contribution in [0.25, 0.3) is 0 Å². The number of hydrogen-bond acceptors (Lipinski definition) is 4. The molecule has 0 bridgehead atoms. The minimum Gasteiger partial charge on any atom is -0.353 e. The number of carbonyl (C=O) groups is 2. The molecule has 1 aromatic heterocycles. The van der Waals surface area contributed by atoms with Gasteiger partial charge in [-0.1, -0.05) is 12.6 Å².